The number of carboxylic acid groups (broad SMARTS) is 1. The first kappa shape index (κ1) is 18.0. The molecule has 0 saturated heterocycles. The molecule has 1 aliphatic heterocycles. The summed E-state index contributed by atoms with van der Waals surface area (Å²) in [6.07, 6.45) is 1.27. The van der Waals surface area contributed by atoms with E-state index in [9.17, 15) is 18.3 Å². The van der Waals surface area contributed by atoms with Gasteiger partial charge in [-0.15, -0.1) is 0 Å². The molecule has 7 heteroatoms. The monoisotopic (exact) mass is 387 g/mol. The highest BCUT2D eigenvalue weighted by molar-refractivity contribution is 7.89. The van der Waals surface area contributed by atoms with Crippen LogP contribution in [0.2, 0.25) is 0 Å². The average molecular weight is 387 g/mol. The molecule has 142 valence electrons. The second-order valence-electron chi connectivity index (χ2n) is 7.13. The van der Waals surface area contributed by atoms with Crippen LogP contribution in [0.15, 0.2) is 53.4 Å². The number of nitrogens with one attached hydrogen (secondary N) is 1. The standard InChI is InChI=1S/C20H21NO5S/c1-12(20(22)23)14-8-5-9-15-18-16(10-11-17(18)26-19(14)15)21-27(24,25)13-6-3-2-4-7-13/h2-9,12,16-18,21H,10-11H2,1H3,(H,22,23). The summed E-state index contributed by atoms with van der Waals surface area (Å²) in [5.74, 6) is -1.10. The van der Waals surface area contributed by atoms with E-state index in [4.69, 9.17) is 4.74 Å². The van der Waals surface area contributed by atoms with Gasteiger partial charge in [0.15, 0.2) is 0 Å². The van der Waals surface area contributed by atoms with Gasteiger partial charge in [0.1, 0.15) is 11.9 Å². The van der Waals surface area contributed by atoms with Crippen LogP contribution in [0, 0.1) is 0 Å². The predicted octanol–water partition coefficient (Wildman–Crippen LogP) is 2.86. The van der Waals surface area contributed by atoms with Gasteiger partial charge in [0.05, 0.1) is 10.8 Å². The SMILES string of the molecule is CC(C(=O)O)c1cccc2c1OC1CCC(NS(=O)(=O)c3ccccc3)C21. The Morgan fingerprint density at radius 2 is 1.89 bits per heavy atom. The van der Waals surface area contributed by atoms with Crippen molar-refractivity contribution in [1.82, 2.24) is 4.72 Å². The fourth-order valence-corrected chi connectivity index (χ4v) is 5.42. The molecule has 4 atom stereocenters. The number of rotatable bonds is 5. The van der Waals surface area contributed by atoms with Crippen LogP contribution in [0.25, 0.3) is 0 Å². The van der Waals surface area contributed by atoms with E-state index in [0.717, 1.165) is 12.0 Å². The number of benzene rings is 2. The molecule has 1 heterocycles. The number of hydrogen-bond acceptors (Lipinski definition) is 4. The van der Waals surface area contributed by atoms with Crippen molar-refractivity contribution in [2.24, 2.45) is 0 Å². The van der Waals surface area contributed by atoms with Crippen molar-refractivity contribution in [3.63, 3.8) is 0 Å². The second-order valence-corrected chi connectivity index (χ2v) is 8.84. The molecule has 2 N–H and O–H groups in total. The molecular formula is C20H21NO5S. The van der Waals surface area contributed by atoms with Crippen LogP contribution in [0.5, 0.6) is 5.75 Å². The van der Waals surface area contributed by atoms with E-state index >= 15 is 0 Å². The number of fused-ring (bicyclic) bond motifs is 3. The summed E-state index contributed by atoms with van der Waals surface area (Å²) >= 11 is 0. The van der Waals surface area contributed by atoms with Crippen LogP contribution >= 0.6 is 0 Å². The summed E-state index contributed by atoms with van der Waals surface area (Å²) in [5.41, 5.74) is 1.53. The molecule has 0 bridgehead atoms. The average Bonchev–Trinajstić information content (AvgIpc) is 3.21. The Labute approximate surface area is 158 Å². The molecule has 0 amide bonds. The summed E-state index contributed by atoms with van der Waals surface area (Å²) < 4.78 is 34.4. The first-order valence-corrected chi connectivity index (χ1v) is 10.5. The molecule has 1 fully saturated rings. The Morgan fingerprint density at radius 1 is 1.15 bits per heavy atom. The fraction of sp³-hybridized carbons (Fsp3) is 0.350. The third-order valence-corrected chi connectivity index (χ3v) is 7.00. The van der Waals surface area contributed by atoms with Crippen molar-refractivity contribution in [3.8, 4) is 5.75 Å². The van der Waals surface area contributed by atoms with Gasteiger partial charge in [-0.25, -0.2) is 13.1 Å². The molecule has 6 nitrogen and oxygen atoms in total. The van der Waals surface area contributed by atoms with Gasteiger partial charge in [-0.05, 0) is 31.9 Å². The van der Waals surface area contributed by atoms with Gasteiger partial charge in [-0.3, -0.25) is 4.79 Å². The van der Waals surface area contributed by atoms with E-state index in [2.05, 4.69) is 4.72 Å². The highest BCUT2D eigenvalue weighted by Gasteiger charge is 2.47. The zero-order valence-corrected chi connectivity index (χ0v) is 15.6. The number of aliphatic carboxylic acids is 1. The lowest BCUT2D eigenvalue weighted by molar-refractivity contribution is -0.138. The maximum atomic E-state index is 12.7. The lowest BCUT2D eigenvalue weighted by Gasteiger charge is -2.20. The molecule has 27 heavy (non-hydrogen) atoms. The lowest BCUT2D eigenvalue weighted by atomic mass is 9.90. The number of carboxylic acids is 1. The zero-order valence-electron chi connectivity index (χ0n) is 14.8. The lowest BCUT2D eigenvalue weighted by Crippen LogP contribution is -2.37. The molecule has 2 aromatic rings. The Hall–Kier alpha value is -2.38. The molecule has 0 radical (unpaired) electrons. The van der Waals surface area contributed by atoms with Gasteiger partial charge >= 0.3 is 5.97 Å². The predicted molar refractivity (Wildman–Crippen MR) is 99.4 cm³/mol. The van der Waals surface area contributed by atoms with Crippen LogP contribution < -0.4 is 9.46 Å². The highest BCUT2D eigenvalue weighted by atomic mass is 32.2. The molecule has 2 aromatic carbocycles. The van der Waals surface area contributed by atoms with Crippen molar-refractivity contribution < 1.29 is 23.1 Å². The van der Waals surface area contributed by atoms with E-state index in [1.165, 1.54) is 0 Å². The topological polar surface area (TPSA) is 92.7 Å². The molecule has 4 unspecified atom stereocenters. The summed E-state index contributed by atoms with van der Waals surface area (Å²) in [6.45, 7) is 1.63. The van der Waals surface area contributed by atoms with Gasteiger partial charge < -0.3 is 9.84 Å². The minimum atomic E-state index is -3.62. The van der Waals surface area contributed by atoms with E-state index in [1.807, 2.05) is 12.1 Å². The Kier molecular flexibility index (Phi) is 4.44. The number of carbonyl (C=O) groups is 1. The number of para-hydroxylation sites is 1. The Bertz CT molecular complexity index is 973. The molecule has 0 aromatic heterocycles. The minimum absolute atomic E-state index is 0.112. The van der Waals surface area contributed by atoms with E-state index < -0.39 is 21.9 Å². The third-order valence-electron chi connectivity index (χ3n) is 5.50. The van der Waals surface area contributed by atoms with Gasteiger partial charge in [0.25, 0.3) is 0 Å². The van der Waals surface area contributed by atoms with Crippen LogP contribution in [0.1, 0.15) is 42.7 Å². The second kappa shape index (κ2) is 6.65. The van der Waals surface area contributed by atoms with E-state index in [-0.39, 0.29) is 23.0 Å². The largest absolute Gasteiger partial charge is 0.489 e. The maximum Gasteiger partial charge on any atom is 0.310 e. The molecule has 1 aliphatic carbocycles. The number of sulfonamides is 1. The smallest absolute Gasteiger partial charge is 0.310 e. The fourth-order valence-electron chi connectivity index (χ4n) is 4.11. The number of ether oxygens (including phenoxy) is 1. The molecular weight excluding hydrogens is 366 g/mol. The van der Waals surface area contributed by atoms with Gasteiger partial charge in [0, 0.05) is 23.1 Å². The van der Waals surface area contributed by atoms with Gasteiger partial charge in [-0.1, -0.05) is 36.4 Å². The highest BCUT2D eigenvalue weighted by Crippen LogP contribution is 2.50. The summed E-state index contributed by atoms with van der Waals surface area (Å²) in [4.78, 5) is 11.6. The molecule has 4 rings (SSSR count). The minimum Gasteiger partial charge on any atom is -0.489 e. The van der Waals surface area contributed by atoms with Crippen LogP contribution in [0.3, 0.4) is 0 Å². The quantitative estimate of drug-likeness (QED) is 0.823. The van der Waals surface area contributed by atoms with Crippen molar-refractivity contribution >= 4 is 16.0 Å². The summed E-state index contributed by atoms with van der Waals surface area (Å²) in [5, 5.41) is 9.35. The normalized spacial score (nSPS) is 24.7. The van der Waals surface area contributed by atoms with Crippen LogP contribution in [0.4, 0.5) is 0 Å². The Morgan fingerprint density at radius 3 is 2.59 bits per heavy atom. The van der Waals surface area contributed by atoms with Gasteiger partial charge in [-0.2, -0.15) is 0 Å². The molecule has 0 spiro atoms. The van der Waals surface area contributed by atoms with Crippen molar-refractivity contribution in [3.05, 3.63) is 59.7 Å². The van der Waals surface area contributed by atoms with Crippen LogP contribution in [-0.2, 0) is 14.8 Å². The first-order valence-electron chi connectivity index (χ1n) is 8.98. The first-order chi connectivity index (χ1) is 12.9. The molecule has 2 aliphatic rings. The van der Waals surface area contributed by atoms with Crippen molar-refractivity contribution in [1.29, 1.82) is 0 Å². The zero-order chi connectivity index (χ0) is 19.2. The summed E-state index contributed by atoms with van der Waals surface area (Å²) in [6, 6.07) is 13.5. The van der Waals surface area contributed by atoms with E-state index in [1.54, 1.807) is 43.3 Å². The van der Waals surface area contributed by atoms with Crippen LogP contribution in [-0.4, -0.2) is 31.6 Å². The van der Waals surface area contributed by atoms with Crippen molar-refractivity contribution in [2.45, 2.75) is 48.6 Å². The van der Waals surface area contributed by atoms with Gasteiger partial charge in [0.2, 0.25) is 10.0 Å². The van der Waals surface area contributed by atoms with Crippen molar-refractivity contribution in [2.75, 3.05) is 0 Å². The number of hydrogen-bond donors (Lipinski definition) is 2. The molecule has 1 saturated carbocycles. The maximum absolute atomic E-state index is 12.7. The third kappa shape index (κ3) is 3.11. The summed E-state index contributed by atoms with van der Waals surface area (Å²) in [7, 11) is -3.62. The van der Waals surface area contributed by atoms with E-state index in [0.29, 0.717) is 17.7 Å². The Balaban J connectivity index is 1.65.